The Hall–Kier alpha value is -5.69. The van der Waals surface area contributed by atoms with Gasteiger partial charge in [0.05, 0.1) is 22.1 Å². The van der Waals surface area contributed by atoms with Crippen LogP contribution in [0, 0.1) is 23.7 Å². The van der Waals surface area contributed by atoms with Crippen molar-refractivity contribution in [1.29, 1.82) is 0 Å². The molecule has 0 radical (unpaired) electrons. The highest BCUT2D eigenvalue weighted by Crippen LogP contribution is 2.09. The lowest BCUT2D eigenvalue weighted by atomic mass is 10.2. The molecule has 0 aliphatic carbocycles. The zero-order valence-electron chi connectivity index (χ0n) is 51.9. The van der Waals surface area contributed by atoms with Crippen molar-refractivity contribution in [2.45, 2.75) is 194 Å². The normalized spacial score (nSPS) is 8.22. The monoisotopic (exact) mass is 992 g/mol. The van der Waals surface area contributed by atoms with Crippen LogP contribution in [0.2, 0.25) is 0 Å². The Kier molecular flexibility index (Phi) is 80.4. The summed E-state index contributed by atoms with van der Waals surface area (Å²) in [6.07, 6.45) is 12.2. The molecule has 0 aliphatic rings. The average molecular weight is 993 g/mol. The topological polar surface area (TPSA) is 90.2 Å². The largest absolute Gasteiger partial charge is 0.256 e. The highest BCUT2D eigenvalue weighted by atomic mass is 14.8. The van der Waals surface area contributed by atoms with Crippen molar-refractivity contribution in [3.05, 3.63) is 153 Å². The molecule has 7 heteroatoms. The summed E-state index contributed by atoms with van der Waals surface area (Å²) < 4.78 is 0. The van der Waals surface area contributed by atoms with Gasteiger partial charge in [0.2, 0.25) is 0 Å². The van der Waals surface area contributed by atoms with E-state index in [4.69, 9.17) is 0 Å². The van der Waals surface area contributed by atoms with Crippen molar-refractivity contribution in [3.8, 4) is 0 Å². The maximum atomic E-state index is 4.18. The molecule has 8 aromatic rings. The van der Waals surface area contributed by atoms with Crippen LogP contribution in [0.1, 0.15) is 194 Å². The van der Waals surface area contributed by atoms with Crippen molar-refractivity contribution in [2.24, 2.45) is 23.7 Å². The molecule has 0 amide bonds. The van der Waals surface area contributed by atoms with Crippen molar-refractivity contribution < 1.29 is 0 Å². The van der Waals surface area contributed by atoms with Crippen LogP contribution in [0.3, 0.4) is 0 Å². The third-order valence-corrected chi connectivity index (χ3v) is 5.67. The van der Waals surface area contributed by atoms with Gasteiger partial charge in [0.15, 0.2) is 5.65 Å². The number of hydrogen-bond donors (Lipinski definition) is 0. The fourth-order valence-electron chi connectivity index (χ4n) is 3.75. The second-order valence-corrected chi connectivity index (χ2v) is 15.3. The Balaban J connectivity index is -0.000000107. The van der Waals surface area contributed by atoms with Crippen LogP contribution < -0.4 is 0 Å². The van der Waals surface area contributed by atoms with E-state index in [-0.39, 0.29) is 0 Å². The maximum Gasteiger partial charge on any atom is 0.159 e. The van der Waals surface area contributed by atoms with Gasteiger partial charge in [-0.05, 0) is 90.4 Å². The molecule has 0 saturated carbocycles. The second kappa shape index (κ2) is 69.6. The number of para-hydroxylation sites is 2. The van der Waals surface area contributed by atoms with E-state index in [1.165, 1.54) is 5.39 Å². The lowest BCUT2D eigenvalue weighted by molar-refractivity contribution is 0.736. The smallest absolute Gasteiger partial charge is 0.159 e. The van der Waals surface area contributed by atoms with Gasteiger partial charge in [-0.2, -0.15) is 0 Å². The van der Waals surface area contributed by atoms with Crippen molar-refractivity contribution in [1.82, 2.24) is 34.9 Å². The van der Waals surface area contributed by atoms with Gasteiger partial charge in [-0.15, -0.1) is 0 Å². The number of fused-ring (bicyclic) bond motifs is 4. The molecule has 408 valence electrons. The molecule has 72 heavy (non-hydrogen) atoms. The summed E-state index contributed by atoms with van der Waals surface area (Å²) in [6.45, 7) is 58.0. The van der Waals surface area contributed by atoms with E-state index in [9.17, 15) is 0 Å². The predicted molar refractivity (Wildman–Crippen MR) is 333 cm³/mol. The van der Waals surface area contributed by atoms with Crippen molar-refractivity contribution in [2.75, 3.05) is 0 Å². The van der Waals surface area contributed by atoms with Gasteiger partial charge < -0.3 is 0 Å². The third-order valence-electron chi connectivity index (χ3n) is 5.67. The van der Waals surface area contributed by atoms with Crippen LogP contribution in [0.4, 0.5) is 0 Å². The minimum atomic E-state index is 0.810. The minimum absolute atomic E-state index is 0.810. The summed E-state index contributed by atoms with van der Waals surface area (Å²) >= 11 is 0. The number of nitrogens with zero attached hydrogens (tertiary/aromatic N) is 7. The van der Waals surface area contributed by atoms with Crippen LogP contribution in [-0.2, 0) is 0 Å². The first kappa shape index (κ1) is 83.2. The zero-order chi connectivity index (χ0) is 57.6. The molecule has 7 nitrogen and oxygen atoms in total. The van der Waals surface area contributed by atoms with E-state index in [1.54, 1.807) is 31.1 Å². The van der Waals surface area contributed by atoms with Gasteiger partial charge >= 0.3 is 0 Å². The van der Waals surface area contributed by atoms with Crippen molar-refractivity contribution >= 4 is 43.9 Å². The minimum Gasteiger partial charge on any atom is -0.256 e. The van der Waals surface area contributed by atoms with Crippen LogP contribution in [0.15, 0.2) is 153 Å². The molecule has 0 saturated heterocycles. The van der Waals surface area contributed by atoms with Gasteiger partial charge in [-0.3, -0.25) is 15.0 Å². The number of pyridine rings is 5. The van der Waals surface area contributed by atoms with Gasteiger partial charge in [-0.1, -0.05) is 236 Å². The predicted octanol–water partition coefficient (Wildman–Crippen LogP) is 22.0. The number of benzene rings is 2. The Morgan fingerprint density at radius 3 is 0.806 bits per heavy atom. The van der Waals surface area contributed by atoms with E-state index in [0.29, 0.717) is 0 Å². The van der Waals surface area contributed by atoms with Crippen LogP contribution >= 0.6 is 0 Å². The molecule has 8 rings (SSSR count). The highest BCUT2D eigenvalue weighted by Gasteiger charge is 1.90. The summed E-state index contributed by atoms with van der Waals surface area (Å²) in [5, 5.41) is 3.38. The fourth-order valence-corrected chi connectivity index (χ4v) is 3.75. The maximum absolute atomic E-state index is 4.18. The van der Waals surface area contributed by atoms with E-state index >= 15 is 0 Å². The van der Waals surface area contributed by atoms with Crippen LogP contribution in [0.5, 0.6) is 0 Å². The Labute approximate surface area is 447 Å². The van der Waals surface area contributed by atoms with Gasteiger partial charge in [-0.25, -0.2) is 19.9 Å². The van der Waals surface area contributed by atoms with Gasteiger partial charge in [0, 0.05) is 53.3 Å². The molecule has 2 aromatic carbocycles. The van der Waals surface area contributed by atoms with Crippen LogP contribution in [-0.4, -0.2) is 34.9 Å². The molecule has 6 aromatic heterocycles. The Morgan fingerprint density at radius 2 is 0.486 bits per heavy atom. The molecule has 0 unspecified atom stereocenters. The second-order valence-electron chi connectivity index (χ2n) is 15.3. The molecular weight excluding hydrogens is 879 g/mol. The standard InChI is InChI=1S/C9H7N.3C8H6N2.4C4H10.8C2H6/c1-2-6-9-8(4-1)5-3-7-10-9;1-3-7-8(9-5-1)4-2-6-10-7;1-3-7-4-2-6-10-8(7)9-5-1;1-2-4-8-7(3-1)5-9-6-10-8;4*1-4(2)3;8*1-2/h1-7H;3*1-6H;4*4H,1-3H3;8*1-2H3. The summed E-state index contributed by atoms with van der Waals surface area (Å²) in [5.74, 6) is 3.33. The van der Waals surface area contributed by atoms with E-state index in [1.807, 2.05) is 220 Å². The molecule has 0 atom stereocenters. The number of hydrogen-bond acceptors (Lipinski definition) is 7. The summed E-state index contributed by atoms with van der Waals surface area (Å²) in [5.41, 5.74) is 4.77. The third kappa shape index (κ3) is 58.6. The summed E-state index contributed by atoms with van der Waals surface area (Å²) in [7, 11) is 0. The Morgan fingerprint density at radius 1 is 0.250 bits per heavy atom. The van der Waals surface area contributed by atoms with Crippen LogP contribution in [0.25, 0.3) is 43.9 Å². The van der Waals surface area contributed by atoms with E-state index in [0.717, 1.165) is 62.2 Å². The van der Waals surface area contributed by atoms with E-state index in [2.05, 4.69) is 130 Å². The first-order valence-corrected chi connectivity index (χ1v) is 27.6. The lowest BCUT2D eigenvalue weighted by Crippen LogP contribution is -1.78. The molecule has 0 N–H and O–H groups in total. The molecule has 6 heterocycles. The molecule has 0 bridgehead atoms. The first-order valence-electron chi connectivity index (χ1n) is 27.6. The number of aromatic nitrogens is 7. The first-order chi connectivity index (χ1) is 34.8. The quantitative estimate of drug-likeness (QED) is 0.149. The Bertz CT molecular complexity index is 1570. The highest BCUT2D eigenvalue weighted by molar-refractivity contribution is 5.78. The average Bonchev–Trinajstić information content (AvgIpc) is 3.43. The summed E-state index contributed by atoms with van der Waals surface area (Å²) in [6, 6.07) is 35.5. The zero-order valence-corrected chi connectivity index (χ0v) is 51.9. The van der Waals surface area contributed by atoms with Gasteiger partial charge in [0.1, 0.15) is 6.33 Å². The number of rotatable bonds is 0. The van der Waals surface area contributed by atoms with Gasteiger partial charge in [0.25, 0.3) is 0 Å². The van der Waals surface area contributed by atoms with Crippen molar-refractivity contribution in [3.63, 3.8) is 0 Å². The van der Waals surface area contributed by atoms with E-state index < -0.39 is 0 Å². The lowest BCUT2D eigenvalue weighted by Gasteiger charge is -1.91. The molecule has 0 fully saturated rings. The summed E-state index contributed by atoms with van der Waals surface area (Å²) in [4.78, 5) is 28.5. The fraction of sp³-hybridized carbons (Fsp3) is 0.492. The SMILES string of the molecule is CC.CC.CC.CC.CC.CC.CC.CC.CC(C)C.CC(C)C.CC(C)C.CC(C)C.c1ccc2ncccc2c1.c1ccc2ncncc2c1.c1cnc2cccnc2c1.c1cnc2ncccc2c1. The molecular formula is C65H113N7. The molecule has 0 spiro atoms. The molecule has 0 aliphatic heterocycles.